The fraction of sp³-hybridized carbons (Fsp3) is 0.500. The zero-order chi connectivity index (χ0) is 5.15. The zero-order valence-electron chi connectivity index (χ0n) is 2.69. The Kier molecular flexibility index (Phi) is 6.63. The van der Waals surface area contributed by atoms with E-state index in [4.69, 9.17) is 9.90 Å². The van der Waals surface area contributed by atoms with Crippen LogP contribution in [0.1, 0.15) is 0 Å². The Morgan fingerprint density at radius 3 is 1.71 bits per heavy atom. The zero-order valence-corrected chi connectivity index (χ0v) is 2.69. The Morgan fingerprint density at radius 2 is 1.71 bits per heavy atom. The number of carboxylic acids is 1. The van der Waals surface area contributed by atoms with E-state index in [0.717, 1.165) is 0 Å². The fourth-order valence-electron chi connectivity index (χ4n) is 0. The predicted molar refractivity (Wildman–Crippen MR) is 20.8 cm³/mol. The first kappa shape index (κ1) is 10.3. The summed E-state index contributed by atoms with van der Waals surface area (Å²) in [6.45, 7) is 0. The van der Waals surface area contributed by atoms with Crippen LogP contribution in [0, 0.1) is 0 Å². The molecular weight excluding hydrogens is 117 g/mol. The van der Waals surface area contributed by atoms with Crippen LogP contribution in [0.25, 0.3) is 0 Å². The second kappa shape index (κ2) is 4.49. The minimum atomic E-state index is -3.23. The second-order valence-electron chi connectivity index (χ2n) is 0.639. The molecule has 7 heavy (non-hydrogen) atoms. The van der Waals surface area contributed by atoms with Crippen LogP contribution in [0.15, 0.2) is 0 Å². The minimum absolute atomic E-state index is 0. The van der Waals surface area contributed by atoms with Gasteiger partial charge in [-0.3, -0.25) is 0 Å². The summed E-state index contributed by atoms with van der Waals surface area (Å²) in [7, 11) is 0. The average molecular weight is 120 g/mol. The molecule has 0 aromatic heterocycles. The van der Waals surface area contributed by atoms with E-state index in [-0.39, 0.29) is 29.6 Å². The molecule has 5 heteroatoms. The van der Waals surface area contributed by atoms with Crippen molar-refractivity contribution in [3.8, 4) is 0 Å². The summed E-state index contributed by atoms with van der Waals surface area (Å²) in [5.74, 6) is -2.07. The van der Waals surface area contributed by atoms with Gasteiger partial charge in [0.15, 0.2) is 0 Å². The third kappa shape index (κ3) is 6.33. The Bertz CT molecular complexity index is 64.7. The van der Waals surface area contributed by atoms with Crippen molar-refractivity contribution in [2.45, 2.75) is 6.43 Å². The molecule has 0 aliphatic heterocycles. The van der Waals surface area contributed by atoms with Crippen LogP contribution in [0.3, 0.4) is 0 Å². The number of carboxylic acid groups (broad SMARTS) is 1. The first-order chi connectivity index (χ1) is 2.64. The van der Waals surface area contributed by atoms with Gasteiger partial charge in [0, 0.05) is 0 Å². The number of halogens is 2. The molecule has 38 valence electrons. The van der Waals surface area contributed by atoms with Crippen molar-refractivity contribution in [1.82, 2.24) is 0 Å². The van der Waals surface area contributed by atoms with Crippen molar-refractivity contribution in [2.24, 2.45) is 0 Å². The molecule has 0 radical (unpaired) electrons. The summed E-state index contributed by atoms with van der Waals surface area (Å²) >= 11 is 0. The number of hydrogen-bond acceptors (Lipinski definition) is 1. The summed E-state index contributed by atoms with van der Waals surface area (Å²) in [5.41, 5.74) is 0. The average Bonchev–Trinajstić information content (AvgIpc) is 1.36. The van der Waals surface area contributed by atoms with Gasteiger partial charge in [-0.2, -0.15) is 8.78 Å². The Balaban J connectivity index is 0. The molecule has 0 aliphatic rings. The van der Waals surface area contributed by atoms with Gasteiger partial charge in [0.25, 0.3) is 0 Å². The Hall–Kier alpha value is 0.330. The molecule has 1 N–H and O–H groups in total. The summed E-state index contributed by atoms with van der Waals surface area (Å²) in [6, 6.07) is 0. The summed E-state index contributed by atoms with van der Waals surface area (Å²) in [6.07, 6.45) is -3.23. The van der Waals surface area contributed by atoms with E-state index in [1.807, 2.05) is 0 Å². The topological polar surface area (TPSA) is 37.3 Å². The molecule has 0 saturated heterocycles. The van der Waals surface area contributed by atoms with Crippen molar-refractivity contribution in [3.05, 3.63) is 0 Å². The van der Waals surface area contributed by atoms with E-state index in [2.05, 4.69) is 0 Å². The van der Waals surface area contributed by atoms with Gasteiger partial charge in [-0.25, -0.2) is 4.79 Å². The quantitative estimate of drug-likeness (QED) is 0.482. The summed E-state index contributed by atoms with van der Waals surface area (Å²) in [5, 5.41) is 7.24. The molecule has 0 saturated carbocycles. The molecule has 0 heterocycles. The Morgan fingerprint density at radius 1 is 1.57 bits per heavy atom. The molecule has 0 rings (SSSR count). The SMILES string of the molecule is O=C(O)C(F)F.[NaH]. The van der Waals surface area contributed by atoms with E-state index < -0.39 is 12.4 Å². The van der Waals surface area contributed by atoms with Gasteiger partial charge >= 0.3 is 42.0 Å². The molecule has 0 aromatic carbocycles. The van der Waals surface area contributed by atoms with Crippen molar-refractivity contribution in [1.29, 1.82) is 0 Å². The van der Waals surface area contributed by atoms with Crippen LogP contribution in [-0.4, -0.2) is 47.1 Å². The predicted octanol–water partition coefficient (Wildman–Crippen LogP) is -0.312. The number of aliphatic carboxylic acids is 1. The van der Waals surface area contributed by atoms with Crippen LogP contribution < -0.4 is 0 Å². The number of rotatable bonds is 1. The third-order valence-electron chi connectivity index (χ3n) is 0.187. The maximum absolute atomic E-state index is 10.6. The van der Waals surface area contributed by atoms with Crippen molar-refractivity contribution in [2.75, 3.05) is 0 Å². The van der Waals surface area contributed by atoms with Gasteiger partial charge < -0.3 is 5.11 Å². The molecule has 0 aromatic rings. The van der Waals surface area contributed by atoms with Gasteiger partial charge in [0.1, 0.15) is 0 Å². The third-order valence-corrected chi connectivity index (χ3v) is 0.187. The van der Waals surface area contributed by atoms with Gasteiger partial charge in [-0.1, -0.05) is 0 Å². The van der Waals surface area contributed by atoms with Gasteiger partial charge in [0.05, 0.1) is 0 Å². The van der Waals surface area contributed by atoms with Crippen molar-refractivity contribution < 1.29 is 18.7 Å². The fourth-order valence-corrected chi connectivity index (χ4v) is 0. The standard InChI is InChI=1S/C2H2F2O2.Na.H/c3-1(4)2(5)6;;/h1H,(H,5,6);;. The summed E-state index contributed by atoms with van der Waals surface area (Å²) < 4.78 is 21.1. The number of alkyl halides is 2. The van der Waals surface area contributed by atoms with E-state index in [9.17, 15) is 8.78 Å². The molecular formula is C2H3F2NaO2. The van der Waals surface area contributed by atoms with E-state index >= 15 is 0 Å². The van der Waals surface area contributed by atoms with E-state index in [0.29, 0.717) is 0 Å². The Labute approximate surface area is 60.8 Å². The molecule has 0 aliphatic carbocycles. The number of carbonyl (C=O) groups is 1. The molecule has 0 bridgehead atoms. The van der Waals surface area contributed by atoms with Crippen molar-refractivity contribution in [3.63, 3.8) is 0 Å². The molecule has 0 unspecified atom stereocenters. The molecule has 0 amide bonds. The first-order valence-electron chi connectivity index (χ1n) is 1.15. The van der Waals surface area contributed by atoms with Gasteiger partial charge in [-0.15, -0.1) is 0 Å². The van der Waals surface area contributed by atoms with E-state index in [1.165, 1.54) is 0 Å². The van der Waals surface area contributed by atoms with Crippen LogP contribution in [0.5, 0.6) is 0 Å². The van der Waals surface area contributed by atoms with E-state index in [1.54, 1.807) is 0 Å². The monoisotopic (exact) mass is 120 g/mol. The van der Waals surface area contributed by atoms with Crippen LogP contribution in [0.4, 0.5) is 8.78 Å². The van der Waals surface area contributed by atoms with Crippen molar-refractivity contribution >= 4 is 35.5 Å². The maximum atomic E-state index is 10.6. The van der Waals surface area contributed by atoms with Crippen LogP contribution in [-0.2, 0) is 4.79 Å². The molecule has 2 nitrogen and oxygen atoms in total. The van der Waals surface area contributed by atoms with Gasteiger partial charge in [0.2, 0.25) is 0 Å². The first-order valence-corrected chi connectivity index (χ1v) is 1.15. The normalized spacial score (nSPS) is 7.86. The second-order valence-corrected chi connectivity index (χ2v) is 0.639. The molecule has 0 fully saturated rings. The molecule has 0 spiro atoms. The molecule has 0 atom stereocenters. The summed E-state index contributed by atoms with van der Waals surface area (Å²) in [4.78, 5) is 8.95. The van der Waals surface area contributed by atoms with Crippen LogP contribution >= 0.6 is 0 Å². The number of hydrogen-bond donors (Lipinski definition) is 1. The van der Waals surface area contributed by atoms with Gasteiger partial charge in [-0.05, 0) is 0 Å². The van der Waals surface area contributed by atoms with Crippen LogP contribution in [0.2, 0.25) is 0 Å².